The van der Waals surface area contributed by atoms with Crippen LogP contribution in [0.5, 0.6) is 5.75 Å². The minimum atomic E-state index is 0.148. The molecule has 1 aromatic rings. The van der Waals surface area contributed by atoms with Crippen molar-refractivity contribution in [2.24, 2.45) is 5.18 Å². The number of nitroso groups, excluding NO2 is 1. The van der Waals surface area contributed by atoms with E-state index in [1.54, 1.807) is 7.11 Å². The number of fused-ring (bicyclic) bond motifs is 1. The molecule has 3 nitrogen and oxygen atoms in total. The van der Waals surface area contributed by atoms with Crippen LogP contribution >= 0.6 is 0 Å². The van der Waals surface area contributed by atoms with Crippen molar-refractivity contribution in [1.29, 1.82) is 0 Å². The van der Waals surface area contributed by atoms with Crippen molar-refractivity contribution in [3.8, 4) is 5.75 Å². The van der Waals surface area contributed by atoms with Gasteiger partial charge in [0.1, 0.15) is 12.3 Å². The van der Waals surface area contributed by atoms with Crippen LogP contribution in [0.4, 0.5) is 0 Å². The summed E-state index contributed by atoms with van der Waals surface area (Å²) in [4.78, 5) is 10.6. The minimum absolute atomic E-state index is 0.148. The zero-order valence-corrected chi connectivity index (χ0v) is 12.5. The fourth-order valence-corrected chi connectivity index (χ4v) is 3.02. The Bertz CT molecular complexity index is 504. The van der Waals surface area contributed by atoms with Gasteiger partial charge in [-0.05, 0) is 46.9 Å². The van der Waals surface area contributed by atoms with E-state index < -0.39 is 0 Å². The van der Waals surface area contributed by atoms with E-state index in [1.807, 2.05) is 0 Å². The maximum Gasteiger partial charge on any atom is 0.124 e. The third-order valence-electron chi connectivity index (χ3n) is 4.49. The van der Waals surface area contributed by atoms with Crippen molar-refractivity contribution in [2.45, 2.75) is 57.9 Å². The Morgan fingerprint density at radius 2 is 1.63 bits per heavy atom. The SMILES string of the molecule is COc1cc2c(cc1CN=O)C(C)(C)CCC2(C)C. The zero-order chi connectivity index (χ0) is 14.3. The van der Waals surface area contributed by atoms with Crippen LogP contribution in [0, 0.1) is 4.91 Å². The highest BCUT2D eigenvalue weighted by molar-refractivity contribution is 5.50. The third-order valence-corrected chi connectivity index (χ3v) is 4.49. The Balaban J connectivity index is 2.66. The van der Waals surface area contributed by atoms with Gasteiger partial charge in [0.25, 0.3) is 0 Å². The molecule has 0 radical (unpaired) electrons. The summed E-state index contributed by atoms with van der Waals surface area (Å²) >= 11 is 0. The molecule has 19 heavy (non-hydrogen) atoms. The molecule has 2 rings (SSSR count). The summed E-state index contributed by atoms with van der Waals surface area (Å²) in [5.74, 6) is 0.782. The average molecular weight is 261 g/mol. The van der Waals surface area contributed by atoms with Crippen LogP contribution < -0.4 is 4.74 Å². The van der Waals surface area contributed by atoms with E-state index >= 15 is 0 Å². The smallest absolute Gasteiger partial charge is 0.124 e. The van der Waals surface area contributed by atoms with E-state index in [1.165, 1.54) is 17.5 Å². The molecule has 1 aliphatic carbocycles. The lowest BCUT2D eigenvalue weighted by Gasteiger charge is -2.42. The largest absolute Gasteiger partial charge is 0.496 e. The van der Waals surface area contributed by atoms with Gasteiger partial charge in [-0.15, -0.1) is 0 Å². The molecule has 0 aromatic heterocycles. The van der Waals surface area contributed by atoms with Crippen LogP contribution in [0.1, 0.15) is 57.2 Å². The van der Waals surface area contributed by atoms with Gasteiger partial charge in [0.15, 0.2) is 0 Å². The summed E-state index contributed by atoms with van der Waals surface area (Å²) in [7, 11) is 1.65. The van der Waals surface area contributed by atoms with E-state index in [0.29, 0.717) is 0 Å². The van der Waals surface area contributed by atoms with Gasteiger partial charge in [0.05, 0.1) is 7.11 Å². The van der Waals surface area contributed by atoms with Crippen molar-refractivity contribution in [1.82, 2.24) is 0 Å². The molecule has 0 aliphatic heterocycles. The van der Waals surface area contributed by atoms with E-state index in [9.17, 15) is 4.91 Å². The fraction of sp³-hybridized carbons (Fsp3) is 0.625. The first-order chi connectivity index (χ1) is 8.81. The van der Waals surface area contributed by atoms with E-state index in [4.69, 9.17) is 4.74 Å². The highest BCUT2D eigenvalue weighted by atomic mass is 16.5. The first-order valence-electron chi connectivity index (χ1n) is 6.83. The summed E-state index contributed by atoms with van der Waals surface area (Å²) in [6, 6.07) is 4.23. The second-order valence-electron chi connectivity index (χ2n) is 6.76. The lowest BCUT2D eigenvalue weighted by molar-refractivity contribution is 0.328. The molecule has 1 aliphatic rings. The first kappa shape index (κ1) is 14.0. The quantitative estimate of drug-likeness (QED) is 0.760. The third kappa shape index (κ3) is 2.38. The Morgan fingerprint density at radius 3 is 2.11 bits per heavy atom. The van der Waals surface area contributed by atoms with Crippen LogP contribution in [0.3, 0.4) is 0 Å². The molecule has 1 aromatic carbocycles. The van der Waals surface area contributed by atoms with Crippen LogP contribution in [-0.4, -0.2) is 7.11 Å². The molecule has 0 bridgehead atoms. The molecule has 0 spiro atoms. The van der Waals surface area contributed by atoms with E-state index in [-0.39, 0.29) is 17.4 Å². The Hall–Kier alpha value is -1.38. The van der Waals surface area contributed by atoms with Crippen molar-refractivity contribution in [2.75, 3.05) is 7.11 Å². The van der Waals surface area contributed by atoms with Gasteiger partial charge >= 0.3 is 0 Å². The molecule has 3 heteroatoms. The molecule has 0 unspecified atom stereocenters. The monoisotopic (exact) mass is 261 g/mol. The summed E-state index contributed by atoms with van der Waals surface area (Å²) in [5.41, 5.74) is 3.88. The standard InChI is InChI=1S/C16H23NO2/c1-15(2)6-7-16(3,4)13-9-14(19-5)11(10-17-18)8-12(13)15/h8-9H,6-7,10H2,1-5H3. The Kier molecular flexibility index (Phi) is 3.41. The average Bonchev–Trinajstić information content (AvgIpc) is 2.35. The number of rotatable bonds is 3. The molecule has 0 saturated carbocycles. The molecule has 0 amide bonds. The second kappa shape index (κ2) is 4.62. The lowest BCUT2D eigenvalue weighted by Crippen LogP contribution is -2.34. The first-order valence-corrected chi connectivity index (χ1v) is 6.83. The number of nitrogens with zero attached hydrogens (tertiary/aromatic N) is 1. The highest BCUT2D eigenvalue weighted by Gasteiger charge is 2.37. The number of hydrogen-bond acceptors (Lipinski definition) is 3. The van der Waals surface area contributed by atoms with Crippen molar-refractivity contribution in [3.05, 3.63) is 33.7 Å². The summed E-state index contributed by atoms with van der Waals surface area (Å²) in [6.07, 6.45) is 2.33. The molecular weight excluding hydrogens is 238 g/mol. The Morgan fingerprint density at radius 1 is 1.11 bits per heavy atom. The molecule has 0 fully saturated rings. The van der Waals surface area contributed by atoms with Gasteiger partial charge < -0.3 is 4.74 Å². The molecule has 104 valence electrons. The normalized spacial score (nSPS) is 19.6. The number of hydrogen-bond donors (Lipinski definition) is 0. The molecule has 0 atom stereocenters. The maximum atomic E-state index is 10.6. The van der Waals surface area contributed by atoms with Crippen LogP contribution in [-0.2, 0) is 17.4 Å². The second-order valence-corrected chi connectivity index (χ2v) is 6.76. The fourth-order valence-electron chi connectivity index (χ4n) is 3.02. The van der Waals surface area contributed by atoms with E-state index in [2.05, 4.69) is 45.0 Å². The van der Waals surface area contributed by atoms with Gasteiger partial charge in [0.2, 0.25) is 0 Å². The van der Waals surface area contributed by atoms with E-state index in [0.717, 1.165) is 17.7 Å². The number of benzene rings is 1. The molecule has 0 saturated heterocycles. The van der Waals surface area contributed by atoms with Crippen molar-refractivity contribution >= 4 is 0 Å². The Labute approximate surface area is 115 Å². The van der Waals surface area contributed by atoms with Gasteiger partial charge in [-0.25, -0.2) is 0 Å². The number of ether oxygens (including phenoxy) is 1. The zero-order valence-electron chi connectivity index (χ0n) is 12.5. The summed E-state index contributed by atoms with van der Waals surface area (Å²) < 4.78 is 5.43. The number of methoxy groups -OCH3 is 1. The van der Waals surface area contributed by atoms with Crippen molar-refractivity contribution < 1.29 is 4.74 Å². The minimum Gasteiger partial charge on any atom is -0.496 e. The van der Waals surface area contributed by atoms with Gasteiger partial charge in [-0.1, -0.05) is 32.9 Å². The molecule has 0 N–H and O–H groups in total. The predicted octanol–water partition coefficient (Wildman–Crippen LogP) is 4.31. The van der Waals surface area contributed by atoms with Gasteiger partial charge in [-0.3, -0.25) is 0 Å². The van der Waals surface area contributed by atoms with Crippen LogP contribution in [0.2, 0.25) is 0 Å². The van der Waals surface area contributed by atoms with Gasteiger partial charge in [-0.2, -0.15) is 4.91 Å². The molecular formula is C16H23NO2. The van der Waals surface area contributed by atoms with Crippen LogP contribution in [0.25, 0.3) is 0 Å². The summed E-state index contributed by atoms with van der Waals surface area (Å²) in [5, 5.41) is 3.02. The highest BCUT2D eigenvalue weighted by Crippen LogP contribution is 2.47. The van der Waals surface area contributed by atoms with Crippen molar-refractivity contribution in [3.63, 3.8) is 0 Å². The van der Waals surface area contributed by atoms with Crippen LogP contribution in [0.15, 0.2) is 17.3 Å². The summed E-state index contributed by atoms with van der Waals surface area (Å²) in [6.45, 7) is 9.26. The topological polar surface area (TPSA) is 38.7 Å². The lowest BCUT2D eigenvalue weighted by atomic mass is 9.63. The molecule has 0 heterocycles. The van der Waals surface area contributed by atoms with Gasteiger partial charge in [0, 0.05) is 5.56 Å². The predicted molar refractivity (Wildman–Crippen MR) is 77.8 cm³/mol. The maximum absolute atomic E-state index is 10.6.